The first-order chi connectivity index (χ1) is 28.2. The Morgan fingerprint density at radius 2 is 0.800 bits per heavy atom. The molecule has 0 aliphatic heterocycles. The van der Waals surface area contributed by atoms with Gasteiger partial charge in [0.25, 0.3) is 11.8 Å². The van der Waals surface area contributed by atoms with Gasteiger partial charge in [-0.3, -0.25) is 0 Å². The van der Waals surface area contributed by atoms with E-state index in [0.717, 1.165) is 19.5 Å². The summed E-state index contributed by atoms with van der Waals surface area (Å²) in [5.41, 5.74) is -7.67. The lowest BCUT2D eigenvalue weighted by molar-refractivity contribution is -0.356. The molecule has 0 heterocycles. The van der Waals surface area contributed by atoms with E-state index in [9.17, 15) is 122 Å². The van der Waals surface area contributed by atoms with Crippen molar-refractivity contribution in [3.63, 3.8) is 0 Å². The zero-order valence-electron chi connectivity index (χ0n) is 33.9. The molecule has 65 heavy (non-hydrogen) atoms. The molecule has 8 nitrogen and oxygen atoms in total. The van der Waals surface area contributed by atoms with Crippen LogP contribution in [0, 0.1) is 11.8 Å². The molecule has 0 saturated carbocycles. The predicted octanol–water partition coefficient (Wildman–Crippen LogP) is 9.94. The van der Waals surface area contributed by atoms with E-state index in [1.54, 1.807) is 19.0 Å². The molecule has 0 aromatic carbocycles. The quantitative estimate of drug-likeness (QED) is 0.0631. The van der Waals surface area contributed by atoms with Gasteiger partial charge in [0.2, 0.25) is 19.1 Å². The van der Waals surface area contributed by atoms with Crippen LogP contribution in [0.4, 0.5) is 105 Å². The average Bonchev–Trinajstić information content (AvgIpc) is 3.02. The Balaban J connectivity index is -0.00000104. The highest BCUT2D eigenvalue weighted by Gasteiger charge is 2.76. The smallest absolute Gasteiger partial charge is 0.330 e. The Labute approximate surface area is 361 Å². The van der Waals surface area contributed by atoms with Gasteiger partial charge in [-0.25, -0.2) is 47.9 Å². The van der Waals surface area contributed by atoms with Crippen molar-refractivity contribution in [3.8, 4) is 0 Å². The number of hydrogen-bond acceptors (Lipinski definition) is 7. The van der Waals surface area contributed by atoms with Gasteiger partial charge in [0.05, 0.1) is 36.2 Å². The monoisotopic (exact) mass is 1080 g/mol. The Morgan fingerprint density at radius 1 is 0.508 bits per heavy atom. The molecule has 0 aliphatic carbocycles. The van der Waals surface area contributed by atoms with E-state index in [1.165, 1.54) is 0 Å². The first-order valence-corrected chi connectivity index (χ1v) is 21.8. The van der Waals surface area contributed by atoms with Crippen LogP contribution in [0.5, 0.6) is 0 Å². The van der Waals surface area contributed by atoms with Crippen LogP contribution in [0.15, 0.2) is 0 Å². The number of rotatable bonds is 22. The van der Waals surface area contributed by atoms with Gasteiger partial charge < -0.3 is 15.5 Å². The molecule has 0 aromatic heterocycles. The molecule has 396 valence electrons. The molecule has 0 aromatic rings. The maximum absolute atomic E-state index is 13.8. The lowest BCUT2D eigenvalue weighted by atomic mass is 9.89. The van der Waals surface area contributed by atoms with Gasteiger partial charge in [-0.2, -0.15) is 79.0 Å². The Kier molecular flexibility index (Phi) is 25.8. The number of nitrogens with zero attached hydrogens (tertiary/aromatic N) is 2. The summed E-state index contributed by atoms with van der Waals surface area (Å²) < 4.78 is 353. The average molecular weight is 1080 g/mol. The third-order valence-electron chi connectivity index (χ3n) is 8.18. The second kappa shape index (κ2) is 24.8. The van der Waals surface area contributed by atoms with Crippen molar-refractivity contribution in [2.24, 2.45) is 17.6 Å². The van der Waals surface area contributed by atoms with Crippen molar-refractivity contribution in [1.29, 1.82) is 0 Å². The molecule has 2 atom stereocenters. The van der Waals surface area contributed by atoms with Crippen LogP contribution >= 0.6 is 10.7 Å². The molecule has 0 bridgehead atoms. The number of halogens is 25. The van der Waals surface area contributed by atoms with Crippen molar-refractivity contribution in [3.05, 3.63) is 0 Å². The Hall–Kier alpha value is -1.65. The van der Waals surface area contributed by atoms with E-state index in [0.29, 0.717) is 6.54 Å². The normalized spacial score (nSPS) is 15.6. The van der Waals surface area contributed by atoms with E-state index in [1.807, 2.05) is 4.72 Å². The third-order valence-corrected chi connectivity index (χ3v) is 10.8. The molecule has 0 aliphatic rings. The molecule has 0 spiro atoms. The minimum atomic E-state index is -6.87. The highest BCUT2D eigenvalue weighted by molar-refractivity contribution is 8.13. The summed E-state index contributed by atoms with van der Waals surface area (Å²) in [4.78, 5) is 3.79. The molecule has 0 fully saturated rings. The van der Waals surface area contributed by atoms with E-state index < -0.39 is 141 Å². The molecule has 0 saturated heterocycles. The second-order valence-corrected chi connectivity index (χ2v) is 19.5. The molecule has 0 radical (unpaired) electrons. The van der Waals surface area contributed by atoms with Gasteiger partial charge in [0.1, 0.15) is 0 Å². The first-order valence-electron chi connectivity index (χ1n) is 17.7. The van der Waals surface area contributed by atoms with Crippen LogP contribution in [-0.2, 0) is 19.1 Å². The second-order valence-electron chi connectivity index (χ2n) is 14.7. The number of sulfonamides is 1. The van der Waals surface area contributed by atoms with Crippen LogP contribution in [0.2, 0.25) is 0 Å². The van der Waals surface area contributed by atoms with Gasteiger partial charge in [-0.05, 0) is 73.5 Å². The fourth-order valence-corrected chi connectivity index (χ4v) is 6.77. The fourth-order valence-electron chi connectivity index (χ4n) is 4.75. The molecular formula is C30H45ClF24N4O4S2. The van der Waals surface area contributed by atoms with Crippen molar-refractivity contribution < 1.29 is 122 Å². The fraction of sp³-hybridized carbons (Fsp3) is 1.00. The van der Waals surface area contributed by atoms with Gasteiger partial charge in [-0.1, -0.05) is 0 Å². The summed E-state index contributed by atoms with van der Waals surface area (Å²) in [5, 5.41) is 0. The summed E-state index contributed by atoms with van der Waals surface area (Å²) in [7, 11) is 2.93. The van der Waals surface area contributed by atoms with E-state index in [2.05, 4.69) is 29.7 Å². The summed E-state index contributed by atoms with van der Waals surface area (Å²) in [6.07, 6.45) is -53.2. The molecule has 2 unspecified atom stereocenters. The number of nitrogens with two attached hydrogens (primary N) is 1. The van der Waals surface area contributed by atoms with Crippen LogP contribution < -0.4 is 10.5 Å². The van der Waals surface area contributed by atoms with Crippen LogP contribution in [0.3, 0.4) is 0 Å². The SMILES string of the molecule is CN(C)CCCN.CN(C)CCCNS(=O)(=O)CCC(CC(F)(F)CC(F)(C(F)(F)F)C(F)(F)F)C(F)(F)F.O=S(=O)(Cl)CCC(CC(F)(F)CC(F)(C(F)(F)F)C(F)(F)F)C(F)(F)F. The highest BCUT2D eigenvalue weighted by atomic mass is 35.7. The lowest BCUT2D eigenvalue weighted by Crippen LogP contribution is -2.56. The van der Waals surface area contributed by atoms with E-state index >= 15 is 0 Å². The zero-order chi connectivity index (χ0) is 52.9. The Bertz CT molecular complexity index is 1570. The number of nitrogens with one attached hydrogen (secondary N) is 1. The van der Waals surface area contributed by atoms with Crippen molar-refractivity contribution in [2.75, 3.05) is 65.9 Å². The Morgan fingerprint density at radius 3 is 1.03 bits per heavy atom. The highest BCUT2D eigenvalue weighted by Crippen LogP contribution is 2.54. The summed E-state index contributed by atoms with van der Waals surface area (Å²) in [5.74, 6) is -20.4. The largest absolute Gasteiger partial charge is 0.431 e. The predicted molar refractivity (Wildman–Crippen MR) is 185 cm³/mol. The summed E-state index contributed by atoms with van der Waals surface area (Å²) in [6, 6.07) is 0. The van der Waals surface area contributed by atoms with Crippen LogP contribution in [0.1, 0.15) is 51.4 Å². The number of alkyl halides is 24. The molecule has 0 rings (SSSR count). The molecule has 3 N–H and O–H groups in total. The lowest BCUT2D eigenvalue weighted by Gasteiger charge is -2.34. The molecular weight excluding hydrogens is 1040 g/mol. The molecule has 0 amide bonds. The zero-order valence-corrected chi connectivity index (χ0v) is 36.3. The third kappa shape index (κ3) is 26.6. The molecule has 35 heteroatoms. The minimum absolute atomic E-state index is 0.213. The van der Waals surface area contributed by atoms with Crippen molar-refractivity contribution in [1.82, 2.24) is 14.5 Å². The van der Waals surface area contributed by atoms with Crippen LogP contribution in [-0.4, -0.2) is 153 Å². The van der Waals surface area contributed by atoms with Gasteiger partial charge >= 0.3 is 48.4 Å². The van der Waals surface area contributed by atoms with Crippen molar-refractivity contribution in [2.45, 2.75) is 112 Å². The van der Waals surface area contributed by atoms with Gasteiger partial charge in [0.15, 0.2) is 0 Å². The topological polar surface area (TPSA) is 113 Å². The van der Waals surface area contributed by atoms with Crippen molar-refractivity contribution >= 4 is 29.8 Å². The van der Waals surface area contributed by atoms with Gasteiger partial charge in [0, 0.05) is 30.1 Å². The first kappa shape index (κ1) is 67.6. The maximum Gasteiger partial charge on any atom is 0.431 e. The summed E-state index contributed by atoms with van der Waals surface area (Å²) in [6.45, 7) is 2.09. The van der Waals surface area contributed by atoms with Gasteiger partial charge in [-0.15, -0.1) is 0 Å². The standard InChI is InChI=1S/C15H22F12N2O2S.C10H9ClF12O2S.C5H14N2/c1-29(2)6-3-5-28-32(30,31)7-4-10(13(19,20)21)8-11(16,17)9-12(18,14(22,23)24)15(25,26)27;11-26(24,25)2-1-5(8(15,16)17)3-6(12,13)4-7(14,9(18,19)20)10(21,22)23;1-7(2)5-3-4-6/h10,28H,3-9H2,1-2H3;5H,1-4H2;3-6H2,1-2H3. The number of hydrogen-bond donors (Lipinski definition) is 2. The van der Waals surface area contributed by atoms with E-state index in [4.69, 9.17) is 5.73 Å². The summed E-state index contributed by atoms with van der Waals surface area (Å²) >= 11 is 0. The van der Waals surface area contributed by atoms with Crippen LogP contribution in [0.25, 0.3) is 0 Å². The minimum Gasteiger partial charge on any atom is -0.330 e. The maximum atomic E-state index is 13.8. The van der Waals surface area contributed by atoms with E-state index in [-0.39, 0.29) is 13.0 Å².